The Balaban J connectivity index is 1.81. The molecule has 5 heteroatoms. The maximum Gasteiger partial charge on any atom is 0.314 e. The number of urea groups is 1. The van der Waals surface area contributed by atoms with Gasteiger partial charge in [-0.25, -0.2) is 4.79 Å². The molecule has 0 aliphatic carbocycles. The first-order valence-corrected chi connectivity index (χ1v) is 9.15. The minimum Gasteiger partial charge on any atom is -0.493 e. The first kappa shape index (κ1) is 20.6. The summed E-state index contributed by atoms with van der Waals surface area (Å²) >= 11 is 0. The zero-order valence-electron chi connectivity index (χ0n) is 16.9. The van der Waals surface area contributed by atoms with Crippen LogP contribution in [0.5, 0.6) is 11.5 Å². The molecule has 2 aromatic carbocycles. The van der Waals surface area contributed by atoms with E-state index < -0.39 is 0 Å². The molecule has 0 saturated heterocycles. The van der Waals surface area contributed by atoms with Gasteiger partial charge in [-0.05, 0) is 36.6 Å². The standard InChI is InChI=1S/C22H30N2O3/c1-16-7-6-8-18(13-16)22(2,3)15-24-21(25)23-12-11-17-9-10-19(26-4)20(14-17)27-5/h6-10,13-14H,11-12,15H2,1-5H3,(H2,23,24,25). The summed E-state index contributed by atoms with van der Waals surface area (Å²) in [6.07, 6.45) is 0.717. The van der Waals surface area contributed by atoms with E-state index in [-0.39, 0.29) is 11.4 Å². The molecule has 0 aliphatic rings. The van der Waals surface area contributed by atoms with Crippen molar-refractivity contribution in [1.29, 1.82) is 0 Å². The Morgan fingerprint density at radius 1 is 1.00 bits per heavy atom. The van der Waals surface area contributed by atoms with E-state index in [9.17, 15) is 4.79 Å². The average molecular weight is 370 g/mol. The summed E-state index contributed by atoms with van der Waals surface area (Å²) in [6.45, 7) is 7.45. The lowest BCUT2D eigenvalue weighted by Crippen LogP contribution is -2.42. The van der Waals surface area contributed by atoms with E-state index in [1.807, 2.05) is 18.2 Å². The lowest BCUT2D eigenvalue weighted by Gasteiger charge is -2.26. The van der Waals surface area contributed by atoms with Crippen LogP contribution in [0.3, 0.4) is 0 Å². The van der Waals surface area contributed by atoms with Crippen LogP contribution in [0.1, 0.15) is 30.5 Å². The second-order valence-corrected chi connectivity index (χ2v) is 7.30. The highest BCUT2D eigenvalue weighted by Crippen LogP contribution is 2.27. The van der Waals surface area contributed by atoms with Crippen molar-refractivity contribution in [3.63, 3.8) is 0 Å². The predicted octanol–water partition coefficient (Wildman–Crippen LogP) is 3.83. The second kappa shape index (κ2) is 9.31. The van der Waals surface area contributed by atoms with Crippen molar-refractivity contribution in [1.82, 2.24) is 10.6 Å². The molecule has 0 atom stereocenters. The molecule has 27 heavy (non-hydrogen) atoms. The van der Waals surface area contributed by atoms with Gasteiger partial charge in [0.05, 0.1) is 14.2 Å². The van der Waals surface area contributed by atoms with E-state index >= 15 is 0 Å². The van der Waals surface area contributed by atoms with Crippen LogP contribution in [0.4, 0.5) is 4.79 Å². The van der Waals surface area contributed by atoms with E-state index in [2.05, 4.69) is 55.7 Å². The van der Waals surface area contributed by atoms with Crippen LogP contribution in [-0.2, 0) is 11.8 Å². The summed E-state index contributed by atoms with van der Waals surface area (Å²) in [4.78, 5) is 12.1. The molecular weight excluding hydrogens is 340 g/mol. The van der Waals surface area contributed by atoms with Gasteiger partial charge < -0.3 is 20.1 Å². The van der Waals surface area contributed by atoms with Crippen LogP contribution >= 0.6 is 0 Å². The zero-order chi connectivity index (χ0) is 19.9. The van der Waals surface area contributed by atoms with Crippen molar-refractivity contribution in [2.75, 3.05) is 27.3 Å². The molecule has 0 bridgehead atoms. The number of nitrogens with one attached hydrogen (secondary N) is 2. The number of aryl methyl sites for hydroxylation is 1. The predicted molar refractivity (Wildman–Crippen MR) is 109 cm³/mol. The second-order valence-electron chi connectivity index (χ2n) is 7.30. The largest absolute Gasteiger partial charge is 0.493 e. The minimum atomic E-state index is -0.156. The Bertz CT molecular complexity index is 772. The fraction of sp³-hybridized carbons (Fsp3) is 0.409. The number of hydrogen-bond acceptors (Lipinski definition) is 3. The van der Waals surface area contributed by atoms with Crippen molar-refractivity contribution in [3.8, 4) is 11.5 Å². The summed E-state index contributed by atoms with van der Waals surface area (Å²) in [6, 6.07) is 14.0. The number of carbonyl (C=O) groups is 1. The summed E-state index contributed by atoms with van der Waals surface area (Å²) in [5, 5.41) is 5.88. The number of benzene rings is 2. The molecular formula is C22H30N2O3. The van der Waals surface area contributed by atoms with Crippen LogP contribution in [0.25, 0.3) is 0 Å². The molecule has 0 saturated carbocycles. The molecule has 0 unspecified atom stereocenters. The zero-order valence-corrected chi connectivity index (χ0v) is 16.9. The third-order valence-electron chi connectivity index (χ3n) is 4.64. The fourth-order valence-corrected chi connectivity index (χ4v) is 2.89. The van der Waals surface area contributed by atoms with Crippen molar-refractivity contribution in [2.45, 2.75) is 32.6 Å². The van der Waals surface area contributed by atoms with E-state index in [0.29, 0.717) is 24.6 Å². The molecule has 2 N–H and O–H groups in total. The third kappa shape index (κ3) is 5.91. The molecule has 0 radical (unpaired) electrons. The summed E-state index contributed by atoms with van der Waals surface area (Å²) < 4.78 is 10.5. The quantitative estimate of drug-likeness (QED) is 0.742. The Morgan fingerprint density at radius 3 is 2.41 bits per heavy atom. The highest BCUT2D eigenvalue weighted by atomic mass is 16.5. The van der Waals surface area contributed by atoms with Crippen molar-refractivity contribution in [2.24, 2.45) is 0 Å². The van der Waals surface area contributed by atoms with Gasteiger partial charge in [-0.1, -0.05) is 49.7 Å². The normalized spacial score (nSPS) is 11.0. The van der Waals surface area contributed by atoms with Gasteiger partial charge in [0, 0.05) is 18.5 Å². The summed E-state index contributed by atoms with van der Waals surface area (Å²) in [5.41, 5.74) is 3.38. The van der Waals surface area contributed by atoms with Crippen molar-refractivity contribution in [3.05, 3.63) is 59.2 Å². The van der Waals surface area contributed by atoms with Gasteiger partial charge in [0.15, 0.2) is 11.5 Å². The lowest BCUT2D eigenvalue weighted by molar-refractivity contribution is 0.238. The van der Waals surface area contributed by atoms with Crippen LogP contribution < -0.4 is 20.1 Å². The Hall–Kier alpha value is -2.69. The first-order valence-electron chi connectivity index (χ1n) is 9.15. The Labute approximate surface area is 162 Å². The number of carbonyl (C=O) groups excluding carboxylic acids is 1. The first-order chi connectivity index (χ1) is 12.9. The van der Waals surface area contributed by atoms with Gasteiger partial charge in [0.1, 0.15) is 0 Å². The lowest BCUT2D eigenvalue weighted by atomic mass is 9.84. The molecule has 0 fully saturated rings. The van der Waals surface area contributed by atoms with E-state index in [1.165, 1.54) is 11.1 Å². The SMILES string of the molecule is COc1ccc(CCNC(=O)NCC(C)(C)c2cccc(C)c2)cc1OC. The van der Waals surface area contributed by atoms with Crippen molar-refractivity contribution >= 4 is 6.03 Å². The molecule has 0 heterocycles. The third-order valence-corrected chi connectivity index (χ3v) is 4.64. The van der Waals surface area contributed by atoms with E-state index in [4.69, 9.17) is 9.47 Å². The van der Waals surface area contributed by atoms with Gasteiger partial charge in [-0.3, -0.25) is 0 Å². The molecule has 146 valence electrons. The molecule has 2 aromatic rings. The fourth-order valence-electron chi connectivity index (χ4n) is 2.89. The number of hydrogen-bond donors (Lipinski definition) is 2. The highest BCUT2D eigenvalue weighted by Gasteiger charge is 2.21. The number of amides is 2. The van der Waals surface area contributed by atoms with E-state index in [0.717, 1.165) is 12.0 Å². The van der Waals surface area contributed by atoms with Gasteiger partial charge in [-0.15, -0.1) is 0 Å². The van der Waals surface area contributed by atoms with Crippen LogP contribution in [-0.4, -0.2) is 33.3 Å². The Kier molecular flexibility index (Phi) is 7.11. The maximum absolute atomic E-state index is 12.1. The molecule has 0 spiro atoms. The molecule has 2 rings (SSSR count). The Morgan fingerprint density at radius 2 is 1.74 bits per heavy atom. The monoisotopic (exact) mass is 370 g/mol. The molecule has 5 nitrogen and oxygen atoms in total. The van der Waals surface area contributed by atoms with Crippen LogP contribution in [0.2, 0.25) is 0 Å². The van der Waals surface area contributed by atoms with Crippen LogP contribution in [0.15, 0.2) is 42.5 Å². The number of rotatable bonds is 8. The van der Waals surface area contributed by atoms with Gasteiger partial charge in [0.25, 0.3) is 0 Å². The smallest absolute Gasteiger partial charge is 0.314 e. The maximum atomic E-state index is 12.1. The number of methoxy groups -OCH3 is 2. The molecule has 0 aromatic heterocycles. The van der Waals surface area contributed by atoms with Crippen molar-refractivity contribution < 1.29 is 14.3 Å². The minimum absolute atomic E-state index is 0.132. The summed E-state index contributed by atoms with van der Waals surface area (Å²) in [5.74, 6) is 1.39. The number of ether oxygens (including phenoxy) is 2. The van der Waals surface area contributed by atoms with Crippen LogP contribution in [0, 0.1) is 6.92 Å². The molecule has 2 amide bonds. The molecule has 0 aliphatic heterocycles. The highest BCUT2D eigenvalue weighted by molar-refractivity contribution is 5.74. The average Bonchev–Trinajstić information content (AvgIpc) is 2.66. The van der Waals surface area contributed by atoms with Gasteiger partial charge >= 0.3 is 6.03 Å². The summed E-state index contributed by atoms with van der Waals surface area (Å²) in [7, 11) is 3.23. The van der Waals surface area contributed by atoms with Gasteiger partial charge in [-0.2, -0.15) is 0 Å². The van der Waals surface area contributed by atoms with E-state index in [1.54, 1.807) is 14.2 Å². The van der Waals surface area contributed by atoms with Gasteiger partial charge in [0.2, 0.25) is 0 Å². The topological polar surface area (TPSA) is 59.6 Å².